The second-order valence-electron chi connectivity index (χ2n) is 3.29. The first-order valence-corrected chi connectivity index (χ1v) is 4.58. The molecule has 0 amide bonds. The highest BCUT2D eigenvalue weighted by molar-refractivity contribution is 6.59. The molecule has 0 spiro atoms. The van der Waals surface area contributed by atoms with Crippen LogP contribution in [0.15, 0.2) is 18.7 Å². The Labute approximate surface area is 91.3 Å². The van der Waals surface area contributed by atoms with Crippen molar-refractivity contribution in [2.75, 3.05) is 0 Å². The van der Waals surface area contributed by atoms with Crippen LogP contribution in [0.25, 0.3) is 0 Å². The lowest BCUT2D eigenvalue weighted by Gasteiger charge is -2.13. The smallest absolute Gasteiger partial charge is 0.454 e. The van der Waals surface area contributed by atoms with Gasteiger partial charge >= 0.3 is 7.12 Å². The van der Waals surface area contributed by atoms with E-state index in [1.54, 1.807) is 0 Å². The first kappa shape index (κ1) is 10.9. The summed E-state index contributed by atoms with van der Waals surface area (Å²) < 4.78 is 23.7. The fourth-order valence-electron chi connectivity index (χ4n) is 1.40. The number of rotatable bonds is 2. The number of aromatic nitrogens is 1. The summed E-state index contributed by atoms with van der Waals surface area (Å²) in [6.07, 6.45) is 2.85. The maximum absolute atomic E-state index is 13.8. The van der Waals surface area contributed by atoms with E-state index in [-0.39, 0.29) is 16.7 Å². The Morgan fingerprint density at radius 2 is 2.00 bits per heavy atom. The van der Waals surface area contributed by atoms with E-state index in [0.717, 1.165) is 0 Å². The molecular formula is C9H9BFNO4. The van der Waals surface area contributed by atoms with Gasteiger partial charge in [0.25, 0.3) is 6.29 Å². The van der Waals surface area contributed by atoms with E-state index in [0.29, 0.717) is 0 Å². The Hall–Kier alpha value is -1.60. The summed E-state index contributed by atoms with van der Waals surface area (Å²) in [6, 6.07) is 0. The van der Waals surface area contributed by atoms with E-state index in [2.05, 4.69) is 4.98 Å². The molecule has 1 aliphatic rings. The van der Waals surface area contributed by atoms with Gasteiger partial charge in [0.15, 0.2) is 11.5 Å². The summed E-state index contributed by atoms with van der Waals surface area (Å²) in [6.45, 7) is 1.43. The van der Waals surface area contributed by atoms with Crippen LogP contribution in [0.3, 0.4) is 0 Å². The minimum absolute atomic E-state index is 0.0206. The Morgan fingerprint density at radius 3 is 2.56 bits per heavy atom. The zero-order chi connectivity index (χ0) is 11.7. The van der Waals surface area contributed by atoms with Crippen LogP contribution >= 0.6 is 0 Å². The average molecular weight is 225 g/mol. The van der Waals surface area contributed by atoms with Crippen LogP contribution in [0.1, 0.15) is 17.5 Å². The first-order valence-electron chi connectivity index (χ1n) is 4.58. The minimum Gasteiger partial charge on any atom is -0.454 e. The largest absolute Gasteiger partial charge is 0.490 e. The number of nitrogens with zero attached hydrogens (tertiary/aromatic N) is 1. The summed E-state index contributed by atoms with van der Waals surface area (Å²) in [5, 5.41) is 17.9. The van der Waals surface area contributed by atoms with E-state index in [1.165, 1.54) is 25.6 Å². The quantitative estimate of drug-likeness (QED) is 0.677. The van der Waals surface area contributed by atoms with Gasteiger partial charge in [0, 0.05) is 11.7 Å². The number of hydrogen-bond donors (Lipinski definition) is 2. The third kappa shape index (κ3) is 1.75. The Kier molecular flexibility index (Phi) is 2.80. The van der Waals surface area contributed by atoms with E-state index >= 15 is 0 Å². The summed E-state index contributed by atoms with van der Waals surface area (Å²) in [5.41, 5.74) is 0.109. The first-order chi connectivity index (χ1) is 7.61. The van der Waals surface area contributed by atoms with Gasteiger partial charge in [-0.15, -0.1) is 0 Å². The van der Waals surface area contributed by atoms with E-state index in [1.807, 2.05) is 0 Å². The predicted octanol–water partition coefficient (Wildman–Crippen LogP) is -0.274. The van der Waals surface area contributed by atoms with Crippen LogP contribution in [0.5, 0.6) is 0 Å². The fraction of sp³-hybridized carbons (Fsp3) is 0.222. The average Bonchev–Trinajstić information content (AvgIpc) is 2.74. The number of halogens is 1. The highest BCUT2D eigenvalue weighted by Gasteiger charge is 2.26. The van der Waals surface area contributed by atoms with Crippen LogP contribution < -0.4 is 5.46 Å². The molecule has 84 valence electrons. The third-order valence-electron chi connectivity index (χ3n) is 2.29. The molecule has 0 bridgehead atoms. The molecule has 0 saturated carbocycles. The van der Waals surface area contributed by atoms with Gasteiger partial charge in [0.05, 0.1) is 0 Å². The standard InChI is InChI=1S/C9H9BFNO4/c1-5-6(10(13)14)4-12-8(7(5)11)9-15-2-3-16-9/h2-4,9,13-14H,1H3. The highest BCUT2D eigenvalue weighted by atomic mass is 19.1. The van der Waals surface area contributed by atoms with Gasteiger partial charge in [-0.05, 0) is 12.5 Å². The molecule has 0 radical (unpaired) electrons. The van der Waals surface area contributed by atoms with Gasteiger partial charge in [-0.2, -0.15) is 0 Å². The zero-order valence-corrected chi connectivity index (χ0v) is 8.42. The van der Waals surface area contributed by atoms with Gasteiger partial charge in [0.1, 0.15) is 12.5 Å². The van der Waals surface area contributed by atoms with Gasteiger partial charge in [-0.3, -0.25) is 4.98 Å². The second-order valence-corrected chi connectivity index (χ2v) is 3.29. The third-order valence-corrected chi connectivity index (χ3v) is 2.29. The molecule has 1 aromatic rings. The molecule has 2 heterocycles. The summed E-state index contributed by atoms with van der Waals surface area (Å²) >= 11 is 0. The molecule has 0 fully saturated rings. The van der Waals surface area contributed by atoms with E-state index in [9.17, 15) is 4.39 Å². The van der Waals surface area contributed by atoms with Crippen LogP contribution in [-0.4, -0.2) is 22.2 Å². The number of hydrogen-bond acceptors (Lipinski definition) is 5. The molecule has 0 unspecified atom stereocenters. The van der Waals surface area contributed by atoms with Gasteiger partial charge < -0.3 is 19.5 Å². The lowest BCUT2D eigenvalue weighted by Crippen LogP contribution is -2.34. The Bertz CT molecular complexity index is 430. The SMILES string of the molecule is Cc1c(B(O)O)cnc(C2OC=CO2)c1F. The van der Waals surface area contributed by atoms with E-state index < -0.39 is 19.2 Å². The van der Waals surface area contributed by atoms with Crippen LogP contribution in [0.2, 0.25) is 0 Å². The zero-order valence-electron chi connectivity index (χ0n) is 8.42. The van der Waals surface area contributed by atoms with Crippen LogP contribution in [-0.2, 0) is 9.47 Å². The normalized spacial score (nSPS) is 14.8. The van der Waals surface area contributed by atoms with Crippen molar-refractivity contribution in [3.05, 3.63) is 35.8 Å². The maximum atomic E-state index is 13.8. The van der Waals surface area contributed by atoms with Crippen molar-refractivity contribution in [3.63, 3.8) is 0 Å². The molecule has 5 nitrogen and oxygen atoms in total. The number of ether oxygens (including phenoxy) is 2. The van der Waals surface area contributed by atoms with Crippen molar-refractivity contribution in [2.45, 2.75) is 13.2 Å². The van der Waals surface area contributed by atoms with Gasteiger partial charge in [-0.1, -0.05) is 0 Å². The molecule has 7 heteroatoms. The molecule has 0 aliphatic carbocycles. The Balaban J connectivity index is 2.38. The molecule has 0 saturated heterocycles. The molecule has 16 heavy (non-hydrogen) atoms. The fourth-order valence-corrected chi connectivity index (χ4v) is 1.40. The molecule has 2 N–H and O–H groups in total. The van der Waals surface area contributed by atoms with Crippen LogP contribution in [0.4, 0.5) is 4.39 Å². The summed E-state index contributed by atoms with van der Waals surface area (Å²) in [5.74, 6) is -0.667. The van der Waals surface area contributed by atoms with E-state index in [4.69, 9.17) is 19.5 Å². The molecule has 1 aromatic heterocycles. The van der Waals surface area contributed by atoms with Gasteiger partial charge in [-0.25, -0.2) is 4.39 Å². The lowest BCUT2D eigenvalue weighted by molar-refractivity contribution is -0.0307. The maximum Gasteiger partial charge on any atom is 0.490 e. The van der Waals surface area contributed by atoms with Crippen molar-refractivity contribution in [3.8, 4) is 0 Å². The second kappa shape index (κ2) is 4.11. The van der Waals surface area contributed by atoms with Crippen molar-refractivity contribution in [1.29, 1.82) is 0 Å². The van der Waals surface area contributed by atoms with Crippen molar-refractivity contribution >= 4 is 12.6 Å². The minimum atomic E-state index is -1.75. The van der Waals surface area contributed by atoms with Crippen molar-refractivity contribution < 1.29 is 23.9 Å². The summed E-state index contributed by atoms with van der Waals surface area (Å²) in [4.78, 5) is 3.76. The van der Waals surface area contributed by atoms with Gasteiger partial charge in [0.2, 0.25) is 0 Å². The highest BCUT2D eigenvalue weighted by Crippen LogP contribution is 2.25. The predicted molar refractivity (Wildman–Crippen MR) is 52.8 cm³/mol. The van der Waals surface area contributed by atoms with Crippen molar-refractivity contribution in [2.24, 2.45) is 0 Å². The Morgan fingerprint density at radius 1 is 1.38 bits per heavy atom. The van der Waals surface area contributed by atoms with Crippen LogP contribution in [0, 0.1) is 12.7 Å². The lowest BCUT2D eigenvalue weighted by atomic mass is 9.78. The monoisotopic (exact) mass is 225 g/mol. The molecule has 0 aromatic carbocycles. The van der Waals surface area contributed by atoms with Crippen molar-refractivity contribution in [1.82, 2.24) is 4.98 Å². The molecule has 1 aliphatic heterocycles. The molecular weight excluding hydrogens is 216 g/mol. The number of pyridine rings is 1. The topological polar surface area (TPSA) is 71.8 Å². The summed E-state index contributed by atoms with van der Waals surface area (Å²) in [7, 11) is -1.75. The molecule has 0 atom stereocenters. The molecule has 2 rings (SSSR count).